The lowest BCUT2D eigenvalue weighted by Gasteiger charge is -2.04. The molecule has 0 saturated carbocycles. The number of H-pyrrole nitrogens is 1. The number of hydrogen-bond donors (Lipinski definition) is 1. The number of nitrogens with zero attached hydrogens (tertiary/aromatic N) is 1. The van der Waals surface area contributed by atoms with Crippen molar-refractivity contribution >= 4 is 34.1 Å². The van der Waals surface area contributed by atoms with Crippen LogP contribution in [0, 0.1) is 6.92 Å². The molecule has 0 spiro atoms. The number of nitrogens with one attached hydrogen (secondary N) is 1. The van der Waals surface area contributed by atoms with Gasteiger partial charge in [0.2, 0.25) is 0 Å². The van der Waals surface area contributed by atoms with Crippen molar-refractivity contribution in [2.24, 2.45) is 0 Å². The third-order valence-corrected chi connectivity index (χ3v) is 2.76. The van der Waals surface area contributed by atoms with Gasteiger partial charge in [0, 0.05) is 0 Å². The maximum atomic E-state index is 11.7. The molecule has 0 bridgehead atoms. The average molecular weight is 243 g/mol. The van der Waals surface area contributed by atoms with Gasteiger partial charge in [-0.3, -0.25) is 4.79 Å². The number of aryl methyl sites for hydroxylation is 1. The molecule has 0 aliphatic heterocycles. The van der Waals surface area contributed by atoms with Crippen molar-refractivity contribution in [3.8, 4) is 0 Å². The molecule has 0 radical (unpaired) electrons. The summed E-state index contributed by atoms with van der Waals surface area (Å²) >= 11 is 11.6. The fraction of sp³-hybridized carbons (Fsp3) is 0.200. The largest absolute Gasteiger partial charge is 0.309 e. The summed E-state index contributed by atoms with van der Waals surface area (Å²) in [6, 6.07) is 3.52. The quantitative estimate of drug-likeness (QED) is 0.782. The van der Waals surface area contributed by atoms with Crippen molar-refractivity contribution in [3.63, 3.8) is 0 Å². The fourth-order valence-electron chi connectivity index (χ4n) is 1.45. The number of aromatic amines is 1. The Balaban J connectivity index is 2.97. The summed E-state index contributed by atoms with van der Waals surface area (Å²) in [6.07, 6.45) is 0. The first-order valence-electron chi connectivity index (χ1n) is 4.37. The van der Waals surface area contributed by atoms with Gasteiger partial charge in [-0.1, -0.05) is 17.7 Å². The highest BCUT2D eigenvalue weighted by Gasteiger charge is 2.08. The van der Waals surface area contributed by atoms with Crippen LogP contribution in [0.25, 0.3) is 10.9 Å². The van der Waals surface area contributed by atoms with E-state index in [1.54, 1.807) is 6.07 Å². The molecular formula is C10H8Cl2N2O. The van der Waals surface area contributed by atoms with Gasteiger partial charge < -0.3 is 4.98 Å². The first-order chi connectivity index (χ1) is 7.13. The molecule has 0 aliphatic rings. The maximum absolute atomic E-state index is 11.7. The molecule has 5 heteroatoms. The van der Waals surface area contributed by atoms with Crippen molar-refractivity contribution in [2.75, 3.05) is 0 Å². The lowest BCUT2D eigenvalue weighted by molar-refractivity contribution is 1.03. The van der Waals surface area contributed by atoms with Crippen molar-refractivity contribution in [3.05, 3.63) is 38.9 Å². The second kappa shape index (κ2) is 3.83. The van der Waals surface area contributed by atoms with Crippen LogP contribution >= 0.6 is 23.2 Å². The molecule has 1 aromatic carbocycles. The number of halogens is 2. The monoisotopic (exact) mass is 242 g/mol. The molecule has 2 rings (SSSR count). The Hall–Kier alpha value is -1.06. The number of alkyl halides is 1. The van der Waals surface area contributed by atoms with Gasteiger partial charge in [-0.25, -0.2) is 4.98 Å². The highest BCUT2D eigenvalue weighted by molar-refractivity contribution is 6.35. The second-order valence-corrected chi connectivity index (χ2v) is 3.91. The Morgan fingerprint density at radius 3 is 2.87 bits per heavy atom. The Labute approximate surface area is 96.1 Å². The standard InChI is InChI=1S/C10H8Cl2N2O/c1-5-2-3-6(12)8-9(5)13-7(4-11)14-10(8)15/h2-3H,4H2,1H3,(H,13,14,15). The lowest BCUT2D eigenvalue weighted by Crippen LogP contribution is -2.12. The summed E-state index contributed by atoms with van der Waals surface area (Å²) in [7, 11) is 0. The van der Waals surface area contributed by atoms with Crippen LogP contribution in [-0.2, 0) is 5.88 Å². The van der Waals surface area contributed by atoms with Crippen LogP contribution < -0.4 is 5.56 Å². The van der Waals surface area contributed by atoms with Gasteiger partial charge in [0.25, 0.3) is 5.56 Å². The molecule has 1 heterocycles. The van der Waals surface area contributed by atoms with Crippen LogP contribution in [-0.4, -0.2) is 9.97 Å². The Morgan fingerprint density at radius 1 is 1.47 bits per heavy atom. The van der Waals surface area contributed by atoms with Crippen LogP contribution in [0.4, 0.5) is 0 Å². The van der Waals surface area contributed by atoms with E-state index >= 15 is 0 Å². The van der Waals surface area contributed by atoms with Crippen molar-refractivity contribution in [1.29, 1.82) is 0 Å². The number of hydrogen-bond acceptors (Lipinski definition) is 2. The molecule has 0 saturated heterocycles. The van der Waals surface area contributed by atoms with Crippen molar-refractivity contribution in [2.45, 2.75) is 12.8 Å². The van der Waals surface area contributed by atoms with Crippen LogP contribution in [0.1, 0.15) is 11.4 Å². The highest BCUT2D eigenvalue weighted by Crippen LogP contribution is 2.21. The minimum Gasteiger partial charge on any atom is -0.309 e. The van der Waals surface area contributed by atoms with Gasteiger partial charge in [-0.05, 0) is 18.6 Å². The van der Waals surface area contributed by atoms with Gasteiger partial charge in [-0.2, -0.15) is 0 Å². The van der Waals surface area contributed by atoms with E-state index in [2.05, 4.69) is 9.97 Å². The van der Waals surface area contributed by atoms with E-state index in [0.29, 0.717) is 21.7 Å². The molecular weight excluding hydrogens is 235 g/mol. The van der Waals surface area contributed by atoms with Gasteiger partial charge in [-0.15, -0.1) is 11.6 Å². The normalized spacial score (nSPS) is 10.9. The molecule has 1 N–H and O–H groups in total. The lowest BCUT2D eigenvalue weighted by atomic mass is 10.1. The summed E-state index contributed by atoms with van der Waals surface area (Å²) in [5.41, 5.74) is 1.28. The summed E-state index contributed by atoms with van der Waals surface area (Å²) in [4.78, 5) is 18.5. The van der Waals surface area contributed by atoms with Gasteiger partial charge in [0.1, 0.15) is 5.82 Å². The molecule has 0 atom stereocenters. The Bertz CT molecular complexity index is 577. The van der Waals surface area contributed by atoms with Gasteiger partial charge in [0.05, 0.1) is 21.8 Å². The third-order valence-electron chi connectivity index (χ3n) is 2.19. The van der Waals surface area contributed by atoms with Crippen LogP contribution in [0.5, 0.6) is 0 Å². The third kappa shape index (κ3) is 1.73. The molecule has 0 aliphatic carbocycles. The predicted octanol–water partition coefficient (Wildman–Crippen LogP) is 2.62. The molecule has 0 amide bonds. The number of benzene rings is 1. The molecule has 1 aromatic heterocycles. The first-order valence-corrected chi connectivity index (χ1v) is 5.28. The minimum absolute atomic E-state index is 0.178. The topological polar surface area (TPSA) is 45.8 Å². The maximum Gasteiger partial charge on any atom is 0.260 e. The van der Waals surface area contributed by atoms with Gasteiger partial charge >= 0.3 is 0 Å². The zero-order chi connectivity index (χ0) is 11.0. The van der Waals surface area contributed by atoms with E-state index in [4.69, 9.17) is 23.2 Å². The highest BCUT2D eigenvalue weighted by atomic mass is 35.5. The summed E-state index contributed by atoms with van der Waals surface area (Å²) < 4.78 is 0. The molecule has 15 heavy (non-hydrogen) atoms. The molecule has 2 aromatic rings. The molecule has 0 unspecified atom stereocenters. The van der Waals surface area contributed by atoms with E-state index < -0.39 is 0 Å². The number of aromatic nitrogens is 2. The minimum atomic E-state index is -0.246. The summed E-state index contributed by atoms with van der Waals surface area (Å²) in [5.74, 6) is 0.636. The number of rotatable bonds is 1. The Morgan fingerprint density at radius 2 is 2.20 bits per heavy atom. The molecule has 0 fully saturated rings. The smallest absolute Gasteiger partial charge is 0.260 e. The molecule has 78 valence electrons. The first kappa shape index (κ1) is 10.5. The predicted molar refractivity (Wildman–Crippen MR) is 61.7 cm³/mol. The summed E-state index contributed by atoms with van der Waals surface area (Å²) in [6.45, 7) is 1.88. The van der Waals surface area contributed by atoms with E-state index in [0.717, 1.165) is 5.56 Å². The van der Waals surface area contributed by atoms with Crippen LogP contribution in [0.2, 0.25) is 5.02 Å². The van der Waals surface area contributed by atoms with Crippen molar-refractivity contribution < 1.29 is 0 Å². The zero-order valence-electron chi connectivity index (χ0n) is 7.97. The average Bonchev–Trinajstić information content (AvgIpc) is 2.23. The SMILES string of the molecule is Cc1ccc(Cl)c2c(=O)[nH]c(CCl)nc12. The van der Waals surface area contributed by atoms with E-state index in [1.807, 2.05) is 13.0 Å². The second-order valence-electron chi connectivity index (χ2n) is 3.23. The summed E-state index contributed by atoms with van der Waals surface area (Å²) in [5, 5.41) is 0.830. The van der Waals surface area contributed by atoms with E-state index in [1.165, 1.54) is 0 Å². The zero-order valence-corrected chi connectivity index (χ0v) is 9.49. The Kier molecular flexibility index (Phi) is 2.67. The van der Waals surface area contributed by atoms with Crippen LogP contribution in [0.3, 0.4) is 0 Å². The van der Waals surface area contributed by atoms with E-state index in [-0.39, 0.29) is 11.4 Å². The molecule has 3 nitrogen and oxygen atoms in total. The van der Waals surface area contributed by atoms with E-state index in [9.17, 15) is 4.79 Å². The van der Waals surface area contributed by atoms with Crippen LogP contribution in [0.15, 0.2) is 16.9 Å². The van der Waals surface area contributed by atoms with Crippen molar-refractivity contribution in [1.82, 2.24) is 9.97 Å². The van der Waals surface area contributed by atoms with Gasteiger partial charge in [0.15, 0.2) is 0 Å². The number of fused-ring (bicyclic) bond motifs is 1. The fourth-order valence-corrected chi connectivity index (χ4v) is 1.82.